The number of hydrogen-bond donors (Lipinski definition) is 1. The number of methoxy groups -OCH3 is 1. The van der Waals surface area contributed by atoms with Crippen molar-refractivity contribution in [2.45, 2.75) is 26.4 Å². The van der Waals surface area contributed by atoms with Crippen molar-refractivity contribution in [2.75, 3.05) is 12.4 Å². The van der Waals surface area contributed by atoms with Crippen molar-refractivity contribution < 1.29 is 23.0 Å². The number of alkyl halides is 2. The van der Waals surface area contributed by atoms with Crippen LogP contribution in [-0.2, 0) is 11.2 Å². The van der Waals surface area contributed by atoms with Crippen molar-refractivity contribution in [3.8, 4) is 11.5 Å². The zero-order valence-corrected chi connectivity index (χ0v) is 14.7. The number of hydrogen-bond acceptors (Lipinski definition) is 3. The summed E-state index contributed by atoms with van der Waals surface area (Å²) in [4.78, 5) is 12.1. The Morgan fingerprint density at radius 1 is 1.19 bits per heavy atom. The van der Waals surface area contributed by atoms with E-state index in [1.54, 1.807) is 12.1 Å². The van der Waals surface area contributed by atoms with E-state index in [1.165, 1.54) is 30.9 Å². The Balaban J connectivity index is 2.09. The zero-order valence-electron chi connectivity index (χ0n) is 14.7. The molecular weight excluding hydrogens is 340 g/mol. The lowest BCUT2D eigenvalue weighted by molar-refractivity contribution is -0.111. The topological polar surface area (TPSA) is 47.6 Å². The molecule has 6 heteroatoms. The van der Waals surface area contributed by atoms with Crippen molar-refractivity contribution in [3.05, 3.63) is 59.7 Å². The van der Waals surface area contributed by atoms with Crippen molar-refractivity contribution in [1.82, 2.24) is 0 Å². The van der Waals surface area contributed by atoms with Crippen LogP contribution in [0.4, 0.5) is 14.5 Å². The summed E-state index contributed by atoms with van der Waals surface area (Å²) in [5.74, 6) is -0.323. The second kappa shape index (κ2) is 9.56. The molecule has 0 saturated heterocycles. The molecule has 0 fully saturated rings. The third-order valence-electron chi connectivity index (χ3n) is 3.61. The molecule has 138 valence electrons. The summed E-state index contributed by atoms with van der Waals surface area (Å²) in [6, 6.07) is 12.3. The highest BCUT2D eigenvalue weighted by Gasteiger charge is 2.14. The summed E-state index contributed by atoms with van der Waals surface area (Å²) in [5.41, 5.74) is 2.18. The van der Waals surface area contributed by atoms with Gasteiger partial charge in [-0.25, -0.2) is 0 Å². The number of anilines is 1. The van der Waals surface area contributed by atoms with Crippen molar-refractivity contribution in [2.24, 2.45) is 0 Å². The molecule has 26 heavy (non-hydrogen) atoms. The summed E-state index contributed by atoms with van der Waals surface area (Å²) in [6.07, 6.45) is 4.70. The van der Waals surface area contributed by atoms with Crippen LogP contribution in [0.15, 0.2) is 48.5 Å². The van der Waals surface area contributed by atoms with Gasteiger partial charge in [-0.05, 0) is 36.3 Å². The first-order valence-corrected chi connectivity index (χ1v) is 8.23. The third-order valence-corrected chi connectivity index (χ3v) is 3.61. The smallest absolute Gasteiger partial charge is 0.387 e. The average Bonchev–Trinajstić information content (AvgIpc) is 2.62. The van der Waals surface area contributed by atoms with Gasteiger partial charge in [-0.3, -0.25) is 4.79 Å². The number of benzene rings is 2. The van der Waals surface area contributed by atoms with Gasteiger partial charge in [-0.1, -0.05) is 37.6 Å². The maximum absolute atomic E-state index is 12.6. The maximum Gasteiger partial charge on any atom is 0.387 e. The Morgan fingerprint density at radius 2 is 1.92 bits per heavy atom. The summed E-state index contributed by atoms with van der Waals surface area (Å²) in [5, 5.41) is 2.72. The van der Waals surface area contributed by atoms with Crippen molar-refractivity contribution in [1.29, 1.82) is 0 Å². The SMILES string of the molecule is CCCc1ccc(NC(=O)/C=C/c2cccc(OC)c2OC(F)F)cc1. The van der Waals surface area contributed by atoms with E-state index in [2.05, 4.69) is 17.0 Å². The fraction of sp³-hybridized carbons (Fsp3) is 0.250. The molecule has 0 aromatic heterocycles. The molecule has 0 radical (unpaired) electrons. The average molecular weight is 361 g/mol. The molecule has 0 atom stereocenters. The highest BCUT2D eigenvalue weighted by molar-refractivity contribution is 6.02. The van der Waals surface area contributed by atoms with Crippen LogP contribution in [0.25, 0.3) is 6.08 Å². The highest BCUT2D eigenvalue weighted by Crippen LogP contribution is 2.33. The lowest BCUT2D eigenvalue weighted by Crippen LogP contribution is -2.08. The fourth-order valence-electron chi connectivity index (χ4n) is 2.43. The Bertz CT molecular complexity index is 758. The van der Waals surface area contributed by atoms with Crippen molar-refractivity contribution >= 4 is 17.7 Å². The predicted octanol–water partition coefficient (Wildman–Crippen LogP) is 4.90. The monoisotopic (exact) mass is 361 g/mol. The Kier molecular flexibility index (Phi) is 7.14. The van der Waals surface area contributed by atoms with Gasteiger partial charge in [0.05, 0.1) is 7.11 Å². The van der Waals surface area contributed by atoms with Crippen LogP contribution in [0.3, 0.4) is 0 Å². The third kappa shape index (κ3) is 5.58. The number of carbonyl (C=O) groups is 1. The second-order valence-corrected chi connectivity index (χ2v) is 5.53. The largest absolute Gasteiger partial charge is 0.493 e. The quantitative estimate of drug-likeness (QED) is 0.680. The van der Waals surface area contributed by atoms with Gasteiger partial charge in [0.1, 0.15) is 0 Å². The van der Waals surface area contributed by atoms with Gasteiger partial charge in [-0.2, -0.15) is 8.78 Å². The van der Waals surface area contributed by atoms with E-state index in [9.17, 15) is 13.6 Å². The molecule has 0 aliphatic heterocycles. The lowest BCUT2D eigenvalue weighted by atomic mass is 10.1. The minimum Gasteiger partial charge on any atom is -0.493 e. The molecule has 2 rings (SSSR count). The van der Waals surface area contributed by atoms with E-state index in [0.29, 0.717) is 11.3 Å². The van der Waals surface area contributed by atoms with Gasteiger partial charge < -0.3 is 14.8 Å². The number of aryl methyl sites for hydroxylation is 1. The first kappa shape index (κ1) is 19.4. The first-order chi connectivity index (χ1) is 12.5. The minimum absolute atomic E-state index is 0.113. The minimum atomic E-state index is -2.99. The molecule has 0 unspecified atom stereocenters. The van der Waals surface area contributed by atoms with E-state index in [1.807, 2.05) is 24.3 Å². The summed E-state index contributed by atoms with van der Waals surface area (Å²) in [7, 11) is 1.36. The maximum atomic E-state index is 12.6. The zero-order chi connectivity index (χ0) is 18.9. The number of amides is 1. The van der Waals surface area contributed by atoms with Gasteiger partial charge in [0.15, 0.2) is 11.5 Å². The number of rotatable bonds is 8. The lowest BCUT2D eigenvalue weighted by Gasteiger charge is -2.12. The van der Waals surface area contributed by atoms with Gasteiger partial charge in [0, 0.05) is 17.3 Å². The number of nitrogens with one attached hydrogen (secondary N) is 1. The molecule has 0 spiro atoms. The fourth-order valence-corrected chi connectivity index (χ4v) is 2.43. The van der Waals surface area contributed by atoms with Crippen LogP contribution in [0.2, 0.25) is 0 Å². The predicted molar refractivity (Wildman–Crippen MR) is 97.7 cm³/mol. The Labute approximate surface area is 151 Å². The van der Waals surface area contributed by atoms with Gasteiger partial charge in [0.25, 0.3) is 0 Å². The molecule has 0 aliphatic rings. The standard InChI is InChI=1S/C20H21F2NO3/c1-3-5-14-8-11-16(12-9-14)23-18(24)13-10-15-6-4-7-17(25-2)19(15)26-20(21)22/h4,6-13,20H,3,5H2,1-2H3,(H,23,24)/b13-10+. The van der Waals surface area contributed by atoms with Crippen LogP contribution in [0, 0.1) is 0 Å². The van der Waals surface area contributed by atoms with Crippen LogP contribution in [-0.4, -0.2) is 19.6 Å². The summed E-state index contributed by atoms with van der Waals surface area (Å²) >= 11 is 0. The van der Waals surface area contributed by atoms with Crippen LogP contribution in [0.1, 0.15) is 24.5 Å². The molecule has 4 nitrogen and oxygen atoms in total. The Hall–Kier alpha value is -2.89. The van der Waals surface area contributed by atoms with Crippen LogP contribution in [0.5, 0.6) is 11.5 Å². The molecule has 2 aromatic carbocycles. The van der Waals surface area contributed by atoms with Crippen LogP contribution >= 0.6 is 0 Å². The van der Waals surface area contributed by atoms with E-state index in [4.69, 9.17) is 4.74 Å². The van der Waals surface area contributed by atoms with E-state index in [-0.39, 0.29) is 17.4 Å². The molecule has 2 aromatic rings. The number of halogens is 2. The summed E-state index contributed by atoms with van der Waals surface area (Å²) < 4.78 is 34.8. The first-order valence-electron chi connectivity index (χ1n) is 8.23. The second-order valence-electron chi connectivity index (χ2n) is 5.53. The van der Waals surface area contributed by atoms with Gasteiger partial charge in [-0.15, -0.1) is 0 Å². The van der Waals surface area contributed by atoms with Crippen molar-refractivity contribution in [3.63, 3.8) is 0 Å². The molecule has 1 amide bonds. The van der Waals surface area contributed by atoms with Crippen LogP contribution < -0.4 is 14.8 Å². The number of para-hydroxylation sites is 1. The number of ether oxygens (including phenoxy) is 2. The Morgan fingerprint density at radius 3 is 2.54 bits per heavy atom. The molecule has 1 N–H and O–H groups in total. The highest BCUT2D eigenvalue weighted by atomic mass is 19.3. The number of carbonyl (C=O) groups excluding carboxylic acids is 1. The van der Waals surface area contributed by atoms with E-state index in [0.717, 1.165) is 12.8 Å². The molecular formula is C20H21F2NO3. The molecule has 0 saturated carbocycles. The molecule has 0 heterocycles. The van der Waals surface area contributed by atoms with E-state index < -0.39 is 6.61 Å². The molecule has 0 aliphatic carbocycles. The van der Waals surface area contributed by atoms with Gasteiger partial charge in [0.2, 0.25) is 5.91 Å². The molecule has 0 bridgehead atoms. The normalized spacial score (nSPS) is 11.0. The van der Waals surface area contributed by atoms with E-state index >= 15 is 0 Å². The van der Waals surface area contributed by atoms with Gasteiger partial charge >= 0.3 is 6.61 Å². The summed E-state index contributed by atoms with van der Waals surface area (Å²) in [6.45, 7) is -0.889.